The zero-order valence-corrected chi connectivity index (χ0v) is 10.2. The third kappa shape index (κ3) is 3.60. The maximum Gasteiger partial charge on any atom is 0.273 e. The van der Waals surface area contributed by atoms with Gasteiger partial charge in [-0.25, -0.2) is 0 Å². The molecular weight excluding hydrogens is 260 g/mol. The van der Waals surface area contributed by atoms with E-state index in [2.05, 4.69) is 15.9 Å². The molecule has 0 aromatic heterocycles. The Balaban J connectivity index is 3.12. The lowest BCUT2D eigenvalue weighted by Gasteiger charge is -2.18. The van der Waals surface area contributed by atoms with Crippen LogP contribution in [0.3, 0.4) is 0 Å². The molecule has 1 aromatic carbocycles. The van der Waals surface area contributed by atoms with Crippen LogP contribution in [0.4, 0.5) is 5.69 Å². The van der Waals surface area contributed by atoms with Crippen molar-refractivity contribution < 1.29 is 4.92 Å². The highest BCUT2D eigenvalue weighted by atomic mass is 79.9. The van der Waals surface area contributed by atoms with Crippen LogP contribution >= 0.6 is 15.9 Å². The van der Waals surface area contributed by atoms with Crippen molar-refractivity contribution in [3.8, 4) is 0 Å². The van der Waals surface area contributed by atoms with Crippen LogP contribution in [0.5, 0.6) is 0 Å². The Labute approximate surface area is 96.8 Å². The van der Waals surface area contributed by atoms with E-state index in [0.717, 1.165) is 0 Å². The fraction of sp³-hybridized carbons (Fsp3) is 0.400. The van der Waals surface area contributed by atoms with Gasteiger partial charge < -0.3 is 5.73 Å². The molecule has 82 valence electrons. The minimum atomic E-state index is -0.446. The molecule has 4 nitrogen and oxygen atoms in total. The predicted molar refractivity (Wildman–Crippen MR) is 62.8 cm³/mol. The molecule has 0 radical (unpaired) electrons. The molecule has 0 spiro atoms. The number of nitrogens with zero attached hydrogens (tertiary/aromatic N) is 1. The van der Waals surface area contributed by atoms with Gasteiger partial charge in [0.25, 0.3) is 5.69 Å². The molecule has 0 bridgehead atoms. The Kier molecular flexibility index (Phi) is 3.46. The van der Waals surface area contributed by atoms with Crippen molar-refractivity contribution >= 4 is 21.6 Å². The van der Waals surface area contributed by atoms with E-state index in [0.29, 0.717) is 16.5 Å². The van der Waals surface area contributed by atoms with Gasteiger partial charge in [0.15, 0.2) is 0 Å². The first-order chi connectivity index (χ1) is 6.79. The van der Waals surface area contributed by atoms with Crippen LogP contribution in [0.2, 0.25) is 0 Å². The minimum absolute atomic E-state index is 0.114. The van der Waals surface area contributed by atoms with Gasteiger partial charge in [-0.15, -0.1) is 0 Å². The van der Waals surface area contributed by atoms with Crippen molar-refractivity contribution in [1.82, 2.24) is 0 Å². The average Bonchev–Trinajstić information content (AvgIpc) is 2.05. The first-order valence-corrected chi connectivity index (χ1v) is 5.30. The summed E-state index contributed by atoms with van der Waals surface area (Å²) in [5.74, 6) is 0. The molecule has 0 aliphatic carbocycles. The maximum absolute atomic E-state index is 10.8. The van der Waals surface area contributed by atoms with Crippen molar-refractivity contribution in [2.24, 2.45) is 5.73 Å². The summed E-state index contributed by atoms with van der Waals surface area (Å²) in [4.78, 5) is 10.4. The number of rotatable bonds is 3. The molecule has 0 fully saturated rings. The molecule has 0 amide bonds. The van der Waals surface area contributed by atoms with Gasteiger partial charge in [-0.2, -0.15) is 0 Å². The second kappa shape index (κ2) is 4.28. The zero-order valence-electron chi connectivity index (χ0n) is 8.66. The number of benzene rings is 1. The molecule has 0 aliphatic rings. The Morgan fingerprint density at radius 3 is 2.60 bits per heavy atom. The fourth-order valence-electron chi connectivity index (χ4n) is 1.35. The quantitative estimate of drug-likeness (QED) is 0.679. The number of hydrogen-bond acceptors (Lipinski definition) is 3. The lowest BCUT2D eigenvalue weighted by Crippen LogP contribution is -2.34. The summed E-state index contributed by atoms with van der Waals surface area (Å²) in [5.41, 5.74) is 6.17. The third-order valence-electron chi connectivity index (χ3n) is 1.89. The summed E-state index contributed by atoms with van der Waals surface area (Å²) < 4.78 is 0.702. The maximum atomic E-state index is 10.8. The van der Waals surface area contributed by atoms with E-state index in [-0.39, 0.29) is 10.6 Å². The van der Waals surface area contributed by atoms with Crippen LogP contribution < -0.4 is 5.73 Å². The van der Waals surface area contributed by atoms with E-state index < -0.39 is 5.54 Å². The lowest BCUT2D eigenvalue weighted by molar-refractivity contribution is -0.385. The Bertz CT molecular complexity index is 385. The normalized spacial score (nSPS) is 11.5. The first-order valence-electron chi connectivity index (χ1n) is 4.51. The van der Waals surface area contributed by atoms with Crippen LogP contribution in [-0.4, -0.2) is 10.5 Å². The summed E-state index contributed by atoms with van der Waals surface area (Å²) in [6.07, 6.45) is 0.483. The van der Waals surface area contributed by atoms with E-state index in [4.69, 9.17) is 5.73 Å². The van der Waals surface area contributed by atoms with Gasteiger partial charge in [-0.05, 0) is 26.3 Å². The van der Waals surface area contributed by atoms with E-state index in [1.807, 2.05) is 13.8 Å². The standard InChI is InChI=1S/C10H13BrN2O2/c1-10(2,12)6-7-3-4-8(11)5-9(7)13(14)15/h3-5H,6,12H2,1-2H3. The molecule has 0 unspecified atom stereocenters. The number of nitro benzene ring substituents is 1. The molecule has 1 aromatic rings. The molecule has 15 heavy (non-hydrogen) atoms. The smallest absolute Gasteiger partial charge is 0.273 e. The molecule has 5 heteroatoms. The Morgan fingerprint density at radius 2 is 2.13 bits per heavy atom. The van der Waals surface area contributed by atoms with Crippen molar-refractivity contribution in [1.29, 1.82) is 0 Å². The minimum Gasteiger partial charge on any atom is -0.325 e. The SMILES string of the molecule is CC(C)(N)Cc1ccc(Br)cc1[N+](=O)[O-]. The average molecular weight is 273 g/mol. The van der Waals surface area contributed by atoms with Crippen LogP contribution in [-0.2, 0) is 6.42 Å². The van der Waals surface area contributed by atoms with E-state index >= 15 is 0 Å². The second-order valence-electron chi connectivity index (χ2n) is 4.20. The van der Waals surface area contributed by atoms with Gasteiger partial charge in [-0.3, -0.25) is 10.1 Å². The molecule has 0 saturated carbocycles. The highest BCUT2D eigenvalue weighted by Gasteiger charge is 2.20. The monoisotopic (exact) mass is 272 g/mol. The molecule has 0 aliphatic heterocycles. The van der Waals surface area contributed by atoms with Crippen LogP contribution in [0.25, 0.3) is 0 Å². The Hall–Kier alpha value is -0.940. The summed E-state index contributed by atoms with van der Waals surface area (Å²) in [7, 11) is 0. The third-order valence-corrected chi connectivity index (χ3v) is 2.38. The van der Waals surface area contributed by atoms with Crippen molar-refractivity contribution in [3.63, 3.8) is 0 Å². The van der Waals surface area contributed by atoms with Gasteiger partial charge in [0.2, 0.25) is 0 Å². The van der Waals surface area contributed by atoms with Crippen LogP contribution in [0.15, 0.2) is 22.7 Å². The summed E-state index contributed by atoms with van der Waals surface area (Å²) in [6.45, 7) is 3.69. The Morgan fingerprint density at radius 1 is 1.53 bits per heavy atom. The van der Waals surface area contributed by atoms with Gasteiger partial charge in [0.05, 0.1) is 4.92 Å². The lowest BCUT2D eigenvalue weighted by atomic mass is 9.95. The van der Waals surface area contributed by atoms with E-state index in [1.165, 1.54) is 6.07 Å². The number of nitro groups is 1. The van der Waals surface area contributed by atoms with Gasteiger partial charge in [-0.1, -0.05) is 22.0 Å². The van der Waals surface area contributed by atoms with Crippen LogP contribution in [0.1, 0.15) is 19.4 Å². The first kappa shape index (κ1) is 12.1. The highest BCUT2D eigenvalue weighted by Crippen LogP contribution is 2.25. The largest absolute Gasteiger partial charge is 0.325 e. The van der Waals surface area contributed by atoms with E-state index in [9.17, 15) is 10.1 Å². The predicted octanol–water partition coefficient (Wildman–Crippen LogP) is 2.64. The molecule has 0 heterocycles. The second-order valence-corrected chi connectivity index (χ2v) is 5.11. The van der Waals surface area contributed by atoms with Crippen molar-refractivity contribution in [2.75, 3.05) is 0 Å². The summed E-state index contributed by atoms with van der Waals surface area (Å²) >= 11 is 3.21. The highest BCUT2D eigenvalue weighted by molar-refractivity contribution is 9.10. The van der Waals surface area contributed by atoms with Crippen molar-refractivity contribution in [3.05, 3.63) is 38.3 Å². The molecule has 0 saturated heterocycles. The van der Waals surface area contributed by atoms with E-state index in [1.54, 1.807) is 12.1 Å². The number of nitrogens with two attached hydrogens (primary N) is 1. The number of hydrogen-bond donors (Lipinski definition) is 1. The van der Waals surface area contributed by atoms with Gasteiger partial charge >= 0.3 is 0 Å². The molecule has 0 atom stereocenters. The van der Waals surface area contributed by atoms with Crippen molar-refractivity contribution in [2.45, 2.75) is 25.8 Å². The summed E-state index contributed by atoms with van der Waals surface area (Å²) in [6, 6.07) is 5.02. The van der Waals surface area contributed by atoms with Gasteiger partial charge in [0, 0.05) is 21.6 Å². The van der Waals surface area contributed by atoms with Gasteiger partial charge in [0.1, 0.15) is 0 Å². The summed E-state index contributed by atoms with van der Waals surface area (Å²) in [5, 5.41) is 10.8. The van der Waals surface area contributed by atoms with Crippen LogP contribution in [0, 0.1) is 10.1 Å². The molecular formula is C10H13BrN2O2. The fourth-order valence-corrected chi connectivity index (χ4v) is 1.70. The zero-order chi connectivity index (χ0) is 11.6. The topological polar surface area (TPSA) is 69.2 Å². The number of halogens is 1. The molecule has 1 rings (SSSR count). The molecule has 2 N–H and O–H groups in total.